The fourth-order valence-corrected chi connectivity index (χ4v) is 4.55. The highest BCUT2D eigenvalue weighted by Gasteiger charge is 2.43. The summed E-state index contributed by atoms with van der Waals surface area (Å²) in [4.78, 5) is 74.0. The average molecular weight is 656 g/mol. The Morgan fingerprint density at radius 1 is 1.09 bits per heavy atom. The van der Waals surface area contributed by atoms with Crippen LogP contribution in [0.2, 0.25) is 0 Å². The topological polar surface area (TPSA) is 256 Å². The fraction of sp³-hybridized carbons (Fsp3) is 0.679. The minimum Gasteiger partial charge on any atom is -0.469 e. The molecule has 0 saturated carbocycles. The van der Waals surface area contributed by atoms with Crippen LogP contribution in [0.3, 0.4) is 0 Å². The molecule has 18 heteroatoms. The van der Waals surface area contributed by atoms with Gasteiger partial charge in [0.1, 0.15) is 37.2 Å². The van der Waals surface area contributed by atoms with Gasteiger partial charge in [-0.05, 0) is 11.8 Å². The van der Waals surface area contributed by atoms with Crippen LogP contribution in [0.4, 0.5) is 10.3 Å². The van der Waals surface area contributed by atoms with Crippen LogP contribution in [-0.4, -0.2) is 93.7 Å². The molecule has 3 heterocycles. The van der Waals surface area contributed by atoms with E-state index < -0.39 is 85.3 Å². The van der Waals surface area contributed by atoms with Crippen molar-refractivity contribution in [3.63, 3.8) is 0 Å². The first kappa shape index (κ1) is 36.3. The normalized spacial score (nSPS) is 21.9. The lowest BCUT2D eigenvalue weighted by molar-refractivity contribution is -0.188. The Morgan fingerprint density at radius 3 is 2.28 bits per heavy atom. The molecule has 2 unspecified atom stereocenters. The summed E-state index contributed by atoms with van der Waals surface area (Å²) in [6, 6.07) is -2.30. The average Bonchev–Trinajstić information content (AvgIpc) is 3.62. The number of anilines is 1. The van der Waals surface area contributed by atoms with E-state index in [1.165, 1.54) is 10.9 Å². The monoisotopic (exact) mass is 655 g/mol. The van der Waals surface area contributed by atoms with Crippen molar-refractivity contribution in [3.8, 4) is 0 Å². The maximum absolute atomic E-state index is 15.1. The smallest absolute Gasteiger partial charge is 0.351 e. The van der Waals surface area contributed by atoms with Gasteiger partial charge in [-0.3, -0.25) is 28.7 Å². The number of aromatic nitrogens is 4. The van der Waals surface area contributed by atoms with E-state index in [-0.39, 0.29) is 35.4 Å². The van der Waals surface area contributed by atoms with Crippen LogP contribution in [-0.2, 0) is 42.9 Å². The van der Waals surface area contributed by atoms with E-state index in [4.69, 9.17) is 36.1 Å². The Balaban J connectivity index is 1.83. The second-order valence-corrected chi connectivity index (χ2v) is 11.2. The molecule has 1 aliphatic rings. The number of methoxy groups -OCH3 is 1. The van der Waals surface area contributed by atoms with E-state index in [1.54, 1.807) is 27.7 Å². The first-order valence-electron chi connectivity index (χ1n) is 14.9. The molecule has 0 spiro atoms. The summed E-state index contributed by atoms with van der Waals surface area (Å²) in [6.45, 7) is 6.32. The number of nitrogens with zero attached hydrogens (tertiary/aromatic N) is 3. The predicted octanol–water partition coefficient (Wildman–Crippen LogP) is 0.00410. The van der Waals surface area contributed by atoms with E-state index in [1.807, 2.05) is 0 Å². The largest absolute Gasteiger partial charge is 0.469 e. The van der Waals surface area contributed by atoms with Gasteiger partial charge in [-0.25, -0.2) is 14.2 Å². The van der Waals surface area contributed by atoms with Crippen molar-refractivity contribution in [2.24, 2.45) is 23.3 Å². The molecule has 2 aromatic rings. The van der Waals surface area contributed by atoms with Crippen LogP contribution in [0.15, 0.2) is 11.1 Å². The number of aromatic amines is 1. The number of halogens is 1. The Hall–Kier alpha value is -4.16. The van der Waals surface area contributed by atoms with E-state index in [2.05, 4.69) is 19.7 Å². The second kappa shape index (κ2) is 15.9. The number of nitrogens with two attached hydrogens (primary N) is 3. The first-order valence-corrected chi connectivity index (χ1v) is 14.9. The highest BCUT2D eigenvalue weighted by molar-refractivity contribution is 5.84. The molecule has 1 saturated heterocycles. The first-order chi connectivity index (χ1) is 21.7. The quantitative estimate of drug-likeness (QED) is 0.145. The van der Waals surface area contributed by atoms with E-state index in [0.717, 1.165) is 7.11 Å². The minimum absolute atomic E-state index is 0.0393. The van der Waals surface area contributed by atoms with Crippen molar-refractivity contribution in [3.05, 3.63) is 16.7 Å². The molecule has 0 aliphatic carbocycles. The molecule has 2 aromatic heterocycles. The van der Waals surface area contributed by atoms with E-state index in [9.17, 15) is 24.0 Å². The number of hydrogen-bond acceptors (Lipinski definition) is 15. The van der Waals surface area contributed by atoms with E-state index in [0.29, 0.717) is 12.8 Å². The van der Waals surface area contributed by atoms with Crippen molar-refractivity contribution in [1.29, 1.82) is 0 Å². The maximum atomic E-state index is 15.1. The molecule has 7 N–H and O–H groups in total. The summed E-state index contributed by atoms with van der Waals surface area (Å²) >= 11 is 0. The molecular weight excluding hydrogens is 613 g/mol. The van der Waals surface area contributed by atoms with Crippen LogP contribution in [0.25, 0.3) is 11.2 Å². The molecule has 1 aliphatic heterocycles. The van der Waals surface area contributed by atoms with Crippen LogP contribution in [0, 0.1) is 11.8 Å². The summed E-state index contributed by atoms with van der Waals surface area (Å²) in [7, 11) is 1.07. The summed E-state index contributed by atoms with van der Waals surface area (Å²) in [5.74, 6) is -5.03. The maximum Gasteiger partial charge on any atom is 0.351 e. The molecule has 3 rings (SSSR count). The van der Waals surface area contributed by atoms with Crippen LogP contribution in [0.1, 0.15) is 59.6 Å². The number of fused-ring (bicyclic) bond motifs is 1. The second-order valence-electron chi connectivity index (χ2n) is 11.2. The van der Waals surface area contributed by atoms with Gasteiger partial charge in [0.2, 0.25) is 12.1 Å². The molecular formula is C28H42FN7O10. The molecule has 46 heavy (non-hydrogen) atoms. The molecule has 1 fully saturated rings. The summed E-state index contributed by atoms with van der Waals surface area (Å²) in [5.41, 5.74) is 17.1. The highest BCUT2D eigenvalue weighted by Crippen LogP contribution is 2.32. The number of rotatable bonds is 15. The van der Waals surface area contributed by atoms with Gasteiger partial charge in [0.15, 0.2) is 17.3 Å². The van der Waals surface area contributed by atoms with Gasteiger partial charge in [0.05, 0.1) is 19.9 Å². The fourth-order valence-electron chi connectivity index (χ4n) is 4.55. The van der Waals surface area contributed by atoms with Crippen LogP contribution < -0.4 is 22.8 Å². The lowest BCUT2D eigenvalue weighted by Crippen LogP contribution is -2.50. The number of carbonyl (C=O) groups is 4. The SMILES string of the molecule is CC[C@H](C)[C@H](N)C(=O)OC(CC(=O)OC)C(OC(=O)[C@@H](N)[C@@H](C)CC)C(=O)OC[C@H]1O[C@@H](n2cnc3c(=O)[nH]c(N)nc32)C[C@@H]1F. The Labute approximate surface area is 263 Å². The van der Waals surface area contributed by atoms with Crippen LogP contribution in [0.5, 0.6) is 0 Å². The van der Waals surface area contributed by atoms with Gasteiger partial charge in [-0.2, -0.15) is 4.98 Å². The molecule has 17 nitrogen and oxygen atoms in total. The number of esters is 4. The molecule has 0 bridgehead atoms. The third kappa shape index (κ3) is 8.55. The third-order valence-electron chi connectivity index (χ3n) is 8.05. The number of alkyl halides is 1. The van der Waals surface area contributed by atoms with Crippen LogP contribution >= 0.6 is 0 Å². The van der Waals surface area contributed by atoms with Gasteiger partial charge in [-0.15, -0.1) is 0 Å². The van der Waals surface area contributed by atoms with Crippen molar-refractivity contribution >= 4 is 41.0 Å². The standard InChI is InChI=1S/C28H42FN7O10/c1-6-12(3)19(30)25(39)45-15(9-18(37)42-5)22(46-26(40)20(31)13(4)7-2)27(41)43-10-16-14(29)8-17(44-16)36-11-33-21-23(36)34-28(32)35-24(21)38/h11-17,19-20,22H,6-10,30-31H2,1-5H3,(H3,32,34,35,38)/t12-,13-,14-,15?,16+,17+,19-,20-,22?/m0/s1. The molecule has 0 aromatic carbocycles. The zero-order valence-electron chi connectivity index (χ0n) is 26.3. The zero-order valence-corrected chi connectivity index (χ0v) is 26.3. The van der Waals surface area contributed by atoms with Crippen molar-refractivity contribution in [2.75, 3.05) is 19.5 Å². The summed E-state index contributed by atoms with van der Waals surface area (Å²) in [5, 5.41) is 0. The number of hydrogen-bond donors (Lipinski definition) is 4. The third-order valence-corrected chi connectivity index (χ3v) is 8.05. The van der Waals surface area contributed by atoms with Gasteiger partial charge >= 0.3 is 23.9 Å². The van der Waals surface area contributed by atoms with Gasteiger partial charge in [0, 0.05) is 6.42 Å². The van der Waals surface area contributed by atoms with E-state index >= 15 is 4.39 Å². The lowest BCUT2D eigenvalue weighted by Gasteiger charge is -2.28. The Kier molecular flexibility index (Phi) is 12.6. The van der Waals surface area contributed by atoms with Gasteiger partial charge < -0.3 is 40.9 Å². The number of ether oxygens (including phenoxy) is 5. The molecule has 0 amide bonds. The Bertz CT molecular complexity index is 1450. The van der Waals surface area contributed by atoms with Crippen molar-refractivity contribution in [2.45, 2.75) is 96.2 Å². The Morgan fingerprint density at radius 2 is 1.70 bits per heavy atom. The summed E-state index contributed by atoms with van der Waals surface area (Å²) < 4.78 is 43.0. The van der Waals surface area contributed by atoms with Gasteiger partial charge in [0.25, 0.3) is 5.56 Å². The number of imidazole rings is 1. The molecule has 256 valence electrons. The zero-order chi connectivity index (χ0) is 34.3. The summed E-state index contributed by atoms with van der Waals surface area (Å²) in [6.07, 6.45) is -6.36. The lowest BCUT2D eigenvalue weighted by atomic mass is 10.00. The highest BCUT2D eigenvalue weighted by atomic mass is 19.1. The minimum atomic E-state index is -2.00. The number of nitrogens with one attached hydrogen (secondary N) is 1. The number of carbonyl (C=O) groups excluding carboxylic acids is 4. The van der Waals surface area contributed by atoms with Gasteiger partial charge in [-0.1, -0.05) is 40.5 Å². The van der Waals surface area contributed by atoms with Crippen molar-refractivity contribution < 1.29 is 47.3 Å². The number of H-pyrrole nitrogens is 1. The molecule has 9 atom stereocenters. The predicted molar refractivity (Wildman–Crippen MR) is 158 cm³/mol. The van der Waals surface area contributed by atoms with Crippen molar-refractivity contribution in [1.82, 2.24) is 19.5 Å². The molecule has 0 radical (unpaired) electrons. The number of nitrogen functional groups attached to an aromatic ring is 1.